The topological polar surface area (TPSA) is 36.4 Å². The fraction of sp³-hybridized carbons (Fsp3) is 0.412. The number of nitrogens with zero attached hydrogens (tertiary/aromatic N) is 3. The average molecular weight is 313 g/mol. The predicted octanol–water partition coefficient (Wildman–Crippen LogP) is 2.35. The van der Waals surface area contributed by atoms with Gasteiger partial charge in [-0.2, -0.15) is 0 Å². The van der Waals surface area contributed by atoms with Crippen molar-refractivity contribution in [3.8, 4) is 0 Å². The molecule has 2 fully saturated rings. The van der Waals surface area contributed by atoms with Gasteiger partial charge >= 0.3 is 0 Å². The summed E-state index contributed by atoms with van der Waals surface area (Å²) < 4.78 is 0. The number of amides is 1. The third-order valence-electron chi connectivity index (χ3n) is 4.71. The first kappa shape index (κ1) is 13.9. The van der Waals surface area contributed by atoms with Crippen molar-refractivity contribution in [2.75, 3.05) is 26.2 Å². The Balaban J connectivity index is 1.36. The zero-order chi connectivity index (χ0) is 14.9. The minimum Gasteiger partial charge on any atom is -0.337 e. The van der Waals surface area contributed by atoms with Gasteiger partial charge in [-0.25, -0.2) is 0 Å². The van der Waals surface area contributed by atoms with Crippen LogP contribution in [0.1, 0.15) is 15.2 Å². The minimum atomic E-state index is 0.211. The molecule has 4 nitrogen and oxygen atoms in total. The maximum Gasteiger partial charge on any atom is 0.263 e. The number of thiophene rings is 1. The average Bonchev–Trinajstić information content (AvgIpc) is 3.23. The Bertz CT molecular complexity index is 629. The van der Waals surface area contributed by atoms with E-state index in [1.54, 1.807) is 0 Å². The SMILES string of the molecule is O=C(c1cccs1)N1C[C@@H]2CN(Cc3cccnc3)C[C@H]2C1. The van der Waals surface area contributed by atoms with Crippen LogP contribution in [0.25, 0.3) is 0 Å². The monoisotopic (exact) mass is 313 g/mol. The van der Waals surface area contributed by atoms with Crippen molar-refractivity contribution in [2.45, 2.75) is 6.54 Å². The molecule has 0 bridgehead atoms. The van der Waals surface area contributed by atoms with Gasteiger partial charge < -0.3 is 4.90 Å². The molecular formula is C17H19N3OS. The van der Waals surface area contributed by atoms with Crippen molar-refractivity contribution in [1.29, 1.82) is 0 Å². The van der Waals surface area contributed by atoms with Crippen LogP contribution < -0.4 is 0 Å². The van der Waals surface area contributed by atoms with E-state index in [1.807, 2.05) is 40.9 Å². The largest absolute Gasteiger partial charge is 0.337 e. The highest BCUT2D eigenvalue weighted by molar-refractivity contribution is 7.12. The van der Waals surface area contributed by atoms with Crippen molar-refractivity contribution in [3.05, 3.63) is 52.5 Å². The molecular weight excluding hydrogens is 294 g/mol. The van der Waals surface area contributed by atoms with E-state index < -0.39 is 0 Å². The van der Waals surface area contributed by atoms with Gasteiger partial charge in [-0.3, -0.25) is 14.7 Å². The van der Waals surface area contributed by atoms with E-state index in [2.05, 4.69) is 16.0 Å². The fourth-order valence-corrected chi connectivity index (χ4v) is 4.38. The molecule has 0 aromatic carbocycles. The molecule has 2 aromatic rings. The van der Waals surface area contributed by atoms with Gasteiger partial charge in [0.1, 0.15) is 0 Å². The number of fused-ring (bicyclic) bond motifs is 1. The number of rotatable bonds is 3. The Morgan fingerprint density at radius 3 is 2.64 bits per heavy atom. The third-order valence-corrected chi connectivity index (χ3v) is 5.57. The highest BCUT2D eigenvalue weighted by Gasteiger charge is 2.41. The second-order valence-corrected chi connectivity index (χ2v) is 7.21. The molecule has 5 heteroatoms. The van der Waals surface area contributed by atoms with Gasteiger partial charge in [0.25, 0.3) is 5.91 Å². The molecule has 0 unspecified atom stereocenters. The number of hydrogen-bond acceptors (Lipinski definition) is 4. The molecule has 0 radical (unpaired) electrons. The van der Waals surface area contributed by atoms with Crippen molar-refractivity contribution < 1.29 is 4.79 Å². The Hall–Kier alpha value is -1.72. The van der Waals surface area contributed by atoms with E-state index in [9.17, 15) is 4.79 Å². The number of hydrogen-bond donors (Lipinski definition) is 0. The van der Waals surface area contributed by atoms with Gasteiger partial charge in [-0.1, -0.05) is 12.1 Å². The smallest absolute Gasteiger partial charge is 0.263 e. The van der Waals surface area contributed by atoms with Crippen molar-refractivity contribution in [2.24, 2.45) is 11.8 Å². The highest BCUT2D eigenvalue weighted by atomic mass is 32.1. The molecule has 4 rings (SSSR count). The van der Waals surface area contributed by atoms with Crippen LogP contribution in [0.5, 0.6) is 0 Å². The molecule has 0 aliphatic carbocycles. The van der Waals surface area contributed by atoms with E-state index in [1.165, 1.54) is 16.9 Å². The van der Waals surface area contributed by atoms with Gasteiger partial charge in [-0.05, 0) is 34.9 Å². The molecule has 2 atom stereocenters. The van der Waals surface area contributed by atoms with Crippen LogP contribution in [-0.4, -0.2) is 46.9 Å². The summed E-state index contributed by atoms with van der Waals surface area (Å²) in [5.74, 6) is 1.46. The van der Waals surface area contributed by atoms with Crippen LogP contribution in [0, 0.1) is 11.8 Å². The van der Waals surface area contributed by atoms with Gasteiger partial charge in [-0.15, -0.1) is 11.3 Å². The van der Waals surface area contributed by atoms with Crippen molar-refractivity contribution in [1.82, 2.24) is 14.8 Å². The summed E-state index contributed by atoms with van der Waals surface area (Å²) in [5, 5.41) is 1.97. The Morgan fingerprint density at radius 2 is 2.00 bits per heavy atom. The minimum absolute atomic E-state index is 0.211. The number of aromatic nitrogens is 1. The Kier molecular flexibility index (Phi) is 3.68. The van der Waals surface area contributed by atoms with Gasteiger partial charge in [0.15, 0.2) is 0 Å². The molecule has 0 N–H and O–H groups in total. The first-order valence-corrected chi connectivity index (χ1v) is 8.61. The number of pyridine rings is 1. The first-order chi connectivity index (χ1) is 10.8. The standard InChI is InChI=1S/C17H19N3OS/c21-17(16-4-2-6-22-16)20-11-14-9-19(10-15(14)12-20)8-13-3-1-5-18-7-13/h1-7,14-15H,8-12H2/t14-,15-/m0/s1. The second-order valence-electron chi connectivity index (χ2n) is 6.26. The fourth-order valence-electron chi connectivity index (χ4n) is 3.69. The zero-order valence-electron chi connectivity index (χ0n) is 12.4. The van der Waals surface area contributed by atoms with Gasteiger partial charge in [0.2, 0.25) is 0 Å². The number of carbonyl (C=O) groups is 1. The normalized spacial score (nSPS) is 24.6. The molecule has 0 saturated carbocycles. The summed E-state index contributed by atoms with van der Waals surface area (Å²) in [6.07, 6.45) is 3.76. The molecule has 22 heavy (non-hydrogen) atoms. The predicted molar refractivity (Wildman–Crippen MR) is 86.7 cm³/mol. The molecule has 1 amide bonds. The number of carbonyl (C=O) groups excluding carboxylic acids is 1. The zero-order valence-corrected chi connectivity index (χ0v) is 13.2. The maximum atomic E-state index is 12.4. The summed E-state index contributed by atoms with van der Waals surface area (Å²) in [6.45, 7) is 4.97. The molecule has 2 aliphatic rings. The van der Waals surface area contributed by atoms with Crippen molar-refractivity contribution in [3.63, 3.8) is 0 Å². The summed E-state index contributed by atoms with van der Waals surface area (Å²) in [6, 6.07) is 8.00. The quantitative estimate of drug-likeness (QED) is 0.873. The Labute approximate surface area is 134 Å². The van der Waals surface area contributed by atoms with Crippen molar-refractivity contribution >= 4 is 17.2 Å². The highest BCUT2D eigenvalue weighted by Crippen LogP contribution is 2.32. The van der Waals surface area contributed by atoms with Gasteiger partial charge in [0.05, 0.1) is 4.88 Å². The van der Waals surface area contributed by atoms with Crippen LogP contribution in [0.2, 0.25) is 0 Å². The van der Waals surface area contributed by atoms with Crippen LogP contribution in [0.3, 0.4) is 0 Å². The third kappa shape index (κ3) is 2.66. The van der Waals surface area contributed by atoms with E-state index in [-0.39, 0.29) is 5.91 Å². The molecule has 2 saturated heterocycles. The second kappa shape index (κ2) is 5.82. The number of likely N-dealkylation sites (tertiary alicyclic amines) is 2. The van der Waals surface area contributed by atoms with E-state index in [0.29, 0.717) is 11.8 Å². The molecule has 2 aliphatic heterocycles. The lowest BCUT2D eigenvalue weighted by atomic mass is 10.0. The van der Waals surface area contributed by atoms with E-state index in [0.717, 1.165) is 37.6 Å². The van der Waals surface area contributed by atoms with E-state index in [4.69, 9.17) is 0 Å². The maximum absolute atomic E-state index is 12.4. The lowest BCUT2D eigenvalue weighted by molar-refractivity contribution is 0.0778. The van der Waals surface area contributed by atoms with Gasteiger partial charge in [0, 0.05) is 45.1 Å². The summed E-state index contributed by atoms with van der Waals surface area (Å²) in [7, 11) is 0. The lowest BCUT2D eigenvalue weighted by Crippen LogP contribution is -2.32. The molecule has 2 aromatic heterocycles. The van der Waals surface area contributed by atoms with Crippen LogP contribution in [-0.2, 0) is 6.54 Å². The summed E-state index contributed by atoms with van der Waals surface area (Å²) in [4.78, 5) is 22.0. The Morgan fingerprint density at radius 1 is 1.18 bits per heavy atom. The van der Waals surface area contributed by atoms with E-state index >= 15 is 0 Å². The lowest BCUT2D eigenvalue weighted by Gasteiger charge is -2.21. The van der Waals surface area contributed by atoms with Crippen LogP contribution >= 0.6 is 11.3 Å². The van der Waals surface area contributed by atoms with Crippen LogP contribution in [0.4, 0.5) is 0 Å². The summed E-state index contributed by atoms with van der Waals surface area (Å²) in [5.41, 5.74) is 1.27. The molecule has 114 valence electrons. The molecule has 4 heterocycles. The molecule has 0 spiro atoms. The summed E-state index contributed by atoms with van der Waals surface area (Å²) >= 11 is 1.54. The van der Waals surface area contributed by atoms with Crippen LogP contribution in [0.15, 0.2) is 42.0 Å². The first-order valence-electron chi connectivity index (χ1n) is 7.73.